The number of hydrogen-bond acceptors (Lipinski definition) is 0. The standard InChI is InChI=1S/C4H10.C2H6.C2H4.CH4/c1-3-4-2;2*1-2;/h3-4H2,1-2H3;1-2H3;1-2H2;1H4. The highest BCUT2D eigenvalue weighted by molar-refractivity contribution is 4.22. The Hall–Kier alpha value is -0.260. The lowest BCUT2D eigenvalue weighted by atomic mass is 10.4. The van der Waals surface area contributed by atoms with Crippen LogP contribution in [0.4, 0.5) is 0 Å². The summed E-state index contributed by atoms with van der Waals surface area (Å²) in [4.78, 5) is 0. The van der Waals surface area contributed by atoms with Crippen LogP contribution < -0.4 is 0 Å². The molecule has 0 heteroatoms. The summed E-state index contributed by atoms with van der Waals surface area (Å²) in [5, 5.41) is 0. The maximum Gasteiger partial charge on any atom is -0.0564 e. The smallest absolute Gasteiger partial charge is 0.0564 e. The van der Waals surface area contributed by atoms with Crippen LogP contribution in [0, 0.1) is 0 Å². The van der Waals surface area contributed by atoms with E-state index in [-0.39, 0.29) is 7.43 Å². The molecule has 0 aromatic carbocycles. The average molecular weight is 132 g/mol. The molecular formula is C9H24. The van der Waals surface area contributed by atoms with Crippen molar-refractivity contribution < 1.29 is 0 Å². The van der Waals surface area contributed by atoms with Crippen LogP contribution in [0.15, 0.2) is 13.2 Å². The molecule has 0 heterocycles. The third-order valence-corrected chi connectivity index (χ3v) is 0.500. The van der Waals surface area contributed by atoms with E-state index in [0.29, 0.717) is 0 Å². The van der Waals surface area contributed by atoms with Gasteiger partial charge in [-0.05, 0) is 0 Å². The van der Waals surface area contributed by atoms with Gasteiger partial charge in [0, 0.05) is 0 Å². The van der Waals surface area contributed by atoms with E-state index in [1.807, 2.05) is 13.8 Å². The molecule has 9 heavy (non-hydrogen) atoms. The summed E-state index contributed by atoms with van der Waals surface area (Å²) in [5.74, 6) is 0. The van der Waals surface area contributed by atoms with Crippen molar-refractivity contribution in [1.29, 1.82) is 0 Å². The predicted octanol–water partition coefficient (Wildman–Crippen LogP) is 4.27. The SMILES string of the molecule is C.C=C.CC.CCCC. The number of rotatable bonds is 1. The average Bonchev–Trinajstić information content (AvgIpc) is 1.96. The van der Waals surface area contributed by atoms with Crippen molar-refractivity contribution in [3.63, 3.8) is 0 Å². The second kappa shape index (κ2) is 116. The van der Waals surface area contributed by atoms with Crippen LogP contribution in [-0.4, -0.2) is 0 Å². The predicted molar refractivity (Wildman–Crippen MR) is 49.9 cm³/mol. The zero-order chi connectivity index (χ0) is 7.41. The first-order valence-corrected chi connectivity index (χ1v) is 3.41. The van der Waals surface area contributed by atoms with Gasteiger partial charge in [-0.15, -0.1) is 13.2 Å². The number of hydrogen-bond donors (Lipinski definition) is 0. The fourth-order valence-electron chi connectivity index (χ4n) is 0. The third kappa shape index (κ3) is 466. The van der Waals surface area contributed by atoms with Gasteiger partial charge in [-0.2, -0.15) is 0 Å². The molecule has 0 bridgehead atoms. The summed E-state index contributed by atoms with van der Waals surface area (Å²) in [6.45, 7) is 14.4. The Morgan fingerprint density at radius 1 is 0.889 bits per heavy atom. The summed E-state index contributed by atoms with van der Waals surface area (Å²) < 4.78 is 0. The second-order valence-electron chi connectivity index (χ2n) is 1.000. The van der Waals surface area contributed by atoms with E-state index >= 15 is 0 Å². The van der Waals surface area contributed by atoms with E-state index < -0.39 is 0 Å². The van der Waals surface area contributed by atoms with Gasteiger partial charge in [0.2, 0.25) is 0 Å². The van der Waals surface area contributed by atoms with Gasteiger partial charge in [0.25, 0.3) is 0 Å². The topological polar surface area (TPSA) is 0 Å². The van der Waals surface area contributed by atoms with Crippen molar-refractivity contribution >= 4 is 0 Å². The van der Waals surface area contributed by atoms with E-state index in [9.17, 15) is 0 Å². The molecular weight excluding hydrogens is 108 g/mol. The van der Waals surface area contributed by atoms with Crippen LogP contribution in [0.1, 0.15) is 48.0 Å². The molecule has 0 aromatic rings. The molecule has 0 fully saturated rings. The summed E-state index contributed by atoms with van der Waals surface area (Å²) in [7, 11) is 0. The Balaban J connectivity index is -0.0000000221. The summed E-state index contributed by atoms with van der Waals surface area (Å²) in [6, 6.07) is 0. The number of unbranched alkanes of at least 4 members (excludes halogenated alkanes) is 1. The van der Waals surface area contributed by atoms with Gasteiger partial charge in [0.15, 0.2) is 0 Å². The van der Waals surface area contributed by atoms with E-state index in [0.717, 1.165) is 0 Å². The fourth-order valence-corrected chi connectivity index (χ4v) is 0. The Morgan fingerprint density at radius 2 is 1.00 bits per heavy atom. The quantitative estimate of drug-likeness (QED) is 0.467. The monoisotopic (exact) mass is 132 g/mol. The molecule has 0 aliphatic rings. The van der Waals surface area contributed by atoms with Gasteiger partial charge < -0.3 is 0 Å². The van der Waals surface area contributed by atoms with Crippen molar-refractivity contribution in [1.82, 2.24) is 0 Å². The van der Waals surface area contributed by atoms with E-state index in [1.165, 1.54) is 12.8 Å². The minimum Gasteiger partial charge on any atom is -0.106 e. The highest BCUT2D eigenvalue weighted by Gasteiger charge is 1.56. The van der Waals surface area contributed by atoms with Crippen LogP contribution >= 0.6 is 0 Å². The molecule has 0 aliphatic carbocycles. The Kier molecular flexibility index (Phi) is 301. The van der Waals surface area contributed by atoms with Gasteiger partial charge in [-0.1, -0.05) is 48.0 Å². The zero-order valence-electron chi connectivity index (χ0n) is 6.83. The van der Waals surface area contributed by atoms with Crippen LogP contribution in [0.25, 0.3) is 0 Å². The van der Waals surface area contributed by atoms with E-state index in [1.54, 1.807) is 0 Å². The molecule has 0 radical (unpaired) electrons. The van der Waals surface area contributed by atoms with Crippen LogP contribution in [-0.2, 0) is 0 Å². The molecule has 0 rings (SSSR count). The van der Waals surface area contributed by atoms with E-state index in [4.69, 9.17) is 0 Å². The first kappa shape index (κ1) is 23.3. The molecule has 0 saturated heterocycles. The second-order valence-corrected chi connectivity index (χ2v) is 1.000. The summed E-state index contributed by atoms with van der Waals surface area (Å²) in [6.07, 6.45) is 2.64. The first-order chi connectivity index (χ1) is 3.91. The van der Waals surface area contributed by atoms with Crippen molar-refractivity contribution in [3.05, 3.63) is 13.2 Å². The van der Waals surface area contributed by atoms with Crippen LogP contribution in [0.5, 0.6) is 0 Å². The third-order valence-electron chi connectivity index (χ3n) is 0.500. The van der Waals surface area contributed by atoms with Crippen LogP contribution in [0.2, 0.25) is 0 Å². The van der Waals surface area contributed by atoms with Crippen molar-refractivity contribution in [3.8, 4) is 0 Å². The largest absolute Gasteiger partial charge is 0.106 e. The molecule has 0 unspecified atom stereocenters. The zero-order valence-corrected chi connectivity index (χ0v) is 6.83. The maximum absolute atomic E-state index is 3.00. The molecule has 0 N–H and O–H groups in total. The van der Waals surface area contributed by atoms with Gasteiger partial charge >= 0.3 is 0 Å². The summed E-state index contributed by atoms with van der Waals surface area (Å²) in [5.41, 5.74) is 0. The Labute approximate surface area is 62.0 Å². The lowest BCUT2D eigenvalue weighted by molar-refractivity contribution is 0.886. The van der Waals surface area contributed by atoms with E-state index in [2.05, 4.69) is 27.0 Å². The minimum absolute atomic E-state index is 0. The molecule has 0 saturated carbocycles. The molecule has 0 nitrogen and oxygen atoms in total. The summed E-state index contributed by atoms with van der Waals surface area (Å²) >= 11 is 0. The lowest BCUT2D eigenvalue weighted by Crippen LogP contribution is -1.47. The van der Waals surface area contributed by atoms with Crippen molar-refractivity contribution in [2.24, 2.45) is 0 Å². The normalized spacial score (nSPS) is 4.44. The molecule has 0 atom stereocenters. The highest BCUT2D eigenvalue weighted by Crippen LogP contribution is 1.76. The van der Waals surface area contributed by atoms with Crippen molar-refractivity contribution in [2.45, 2.75) is 48.0 Å². The lowest BCUT2D eigenvalue weighted by Gasteiger charge is -1.68. The van der Waals surface area contributed by atoms with Gasteiger partial charge in [0.05, 0.1) is 0 Å². The van der Waals surface area contributed by atoms with Gasteiger partial charge in [0.1, 0.15) is 0 Å². The molecule has 0 amide bonds. The minimum atomic E-state index is 0. The highest BCUT2D eigenvalue weighted by atomic mass is 13.6. The van der Waals surface area contributed by atoms with Crippen LogP contribution in [0.3, 0.4) is 0 Å². The Bertz CT molecular complexity index is 7.51. The molecule has 60 valence electrons. The van der Waals surface area contributed by atoms with Gasteiger partial charge in [-0.3, -0.25) is 0 Å². The molecule has 0 aromatic heterocycles. The Morgan fingerprint density at radius 3 is 1.00 bits per heavy atom. The van der Waals surface area contributed by atoms with Gasteiger partial charge in [-0.25, -0.2) is 0 Å². The maximum atomic E-state index is 3.00. The molecule has 0 aliphatic heterocycles. The fraction of sp³-hybridized carbons (Fsp3) is 0.778. The van der Waals surface area contributed by atoms with Crippen molar-refractivity contribution in [2.75, 3.05) is 0 Å². The first-order valence-electron chi connectivity index (χ1n) is 3.41. The molecule has 0 spiro atoms.